The summed E-state index contributed by atoms with van der Waals surface area (Å²) in [7, 11) is 0. The predicted molar refractivity (Wildman–Crippen MR) is 122 cm³/mol. The molecule has 2 N–H and O–H groups in total. The molecule has 3 aromatic rings. The van der Waals surface area contributed by atoms with E-state index in [0.717, 1.165) is 42.3 Å². The van der Waals surface area contributed by atoms with Gasteiger partial charge >= 0.3 is 0 Å². The quantitative estimate of drug-likeness (QED) is 0.298. The lowest BCUT2D eigenvalue weighted by atomic mass is 10.1. The molecule has 0 radical (unpaired) electrons. The van der Waals surface area contributed by atoms with E-state index in [1.54, 1.807) is 12.1 Å². The van der Waals surface area contributed by atoms with E-state index in [2.05, 4.69) is 20.7 Å². The number of aromatic nitrogens is 2. The summed E-state index contributed by atoms with van der Waals surface area (Å²) in [5.74, 6) is 0.546. The van der Waals surface area contributed by atoms with Gasteiger partial charge in [-0.2, -0.15) is 5.10 Å². The first-order valence-electron chi connectivity index (χ1n) is 9.10. The number of nitrogens with zero attached hydrogens (tertiary/aromatic N) is 3. The first kappa shape index (κ1) is 21.9. The molecule has 1 heterocycles. The summed E-state index contributed by atoms with van der Waals surface area (Å²) in [6.45, 7) is 4.08. The Morgan fingerprint density at radius 2 is 1.79 bits per heavy atom. The zero-order chi connectivity index (χ0) is 18.9. The number of halogens is 2. The van der Waals surface area contributed by atoms with Crippen molar-refractivity contribution < 1.29 is 4.39 Å². The normalized spacial score (nSPS) is 11.0. The Morgan fingerprint density at radius 1 is 1.04 bits per heavy atom. The highest BCUT2D eigenvalue weighted by Gasteiger charge is 2.02. The second-order valence-corrected chi connectivity index (χ2v) is 6.13. The minimum absolute atomic E-state index is 0. The predicted octanol–water partition coefficient (Wildman–Crippen LogP) is 3.93. The average molecular weight is 493 g/mol. The highest BCUT2D eigenvalue weighted by atomic mass is 127. The molecule has 0 unspecified atom stereocenters. The Morgan fingerprint density at radius 3 is 2.50 bits per heavy atom. The summed E-state index contributed by atoms with van der Waals surface area (Å²) < 4.78 is 14.8. The summed E-state index contributed by atoms with van der Waals surface area (Å²) in [6, 6.07) is 16.6. The van der Waals surface area contributed by atoms with Crippen molar-refractivity contribution in [2.45, 2.75) is 19.9 Å². The highest BCUT2D eigenvalue weighted by Crippen LogP contribution is 2.08. The zero-order valence-corrected chi connectivity index (χ0v) is 18.1. The van der Waals surface area contributed by atoms with Gasteiger partial charge in [-0.3, -0.25) is 0 Å². The van der Waals surface area contributed by atoms with Crippen LogP contribution < -0.4 is 10.6 Å². The molecule has 0 spiro atoms. The van der Waals surface area contributed by atoms with Gasteiger partial charge in [-0.05, 0) is 43.2 Å². The maximum atomic E-state index is 13.0. The van der Waals surface area contributed by atoms with Crippen LogP contribution in [-0.2, 0) is 13.0 Å². The molecule has 0 aliphatic carbocycles. The second kappa shape index (κ2) is 11.4. The van der Waals surface area contributed by atoms with Crippen molar-refractivity contribution in [1.29, 1.82) is 0 Å². The molecular formula is C21H25FIN5. The van der Waals surface area contributed by atoms with Crippen molar-refractivity contribution in [1.82, 2.24) is 20.4 Å². The molecule has 1 aromatic heterocycles. The van der Waals surface area contributed by atoms with Gasteiger partial charge in [-0.25, -0.2) is 14.1 Å². The van der Waals surface area contributed by atoms with E-state index in [1.165, 1.54) is 12.1 Å². The number of nitrogens with one attached hydrogen (secondary N) is 2. The van der Waals surface area contributed by atoms with Gasteiger partial charge in [0.2, 0.25) is 0 Å². The fourth-order valence-corrected chi connectivity index (χ4v) is 2.65. The van der Waals surface area contributed by atoms with Gasteiger partial charge in [0.15, 0.2) is 5.96 Å². The zero-order valence-electron chi connectivity index (χ0n) is 15.8. The number of guanidine groups is 1. The Balaban J connectivity index is 0.00000280. The fourth-order valence-electron chi connectivity index (χ4n) is 2.65. The Hall–Kier alpha value is -2.42. The van der Waals surface area contributed by atoms with Crippen LogP contribution in [0, 0.1) is 5.82 Å². The lowest BCUT2D eigenvalue weighted by molar-refractivity contribution is 0.626. The highest BCUT2D eigenvalue weighted by molar-refractivity contribution is 14.0. The molecule has 0 saturated heterocycles. The van der Waals surface area contributed by atoms with E-state index < -0.39 is 0 Å². The molecule has 7 heteroatoms. The second-order valence-electron chi connectivity index (χ2n) is 6.13. The van der Waals surface area contributed by atoms with Gasteiger partial charge in [-0.1, -0.05) is 30.3 Å². The standard InChI is InChI=1S/C21H24FN5.HI/c1-2-23-21(24-13-12-17-8-10-19(22)11-9-17)25-14-18-15-26-27(16-18)20-6-4-3-5-7-20;/h3-11,15-16H,2,12-14H2,1H3,(H2,23,24,25);1H. The van der Waals surface area contributed by atoms with Crippen LogP contribution in [0.3, 0.4) is 0 Å². The molecule has 5 nitrogen and oxygen atoms in total. The third-order valence-corrected chi connectivity index (χ3v) is 4.04. The summed E-state index contributed by atoms with van der Waals surface area (Å²) in [4.78, 5) is 4.62. The third kappa shape index (κ3) is 6.63. The first-order valence-corrected chi connectivity index (χ1v) is 9.10. The summed E-state index contributed by atoms with van der Waals surface area (Å²) in [5.41, 5.74) is 3.15. The van der Waals surface area contributed by atoms with Crippen LogP contribution in [0.1, 0.15) is 18.1 Å². The van der Waals surface area contributed by atoms with Crippen molar-refractivity contribution >= 4 is 29.9 Å². The van der Waals surface area contributed by atoms with Crippen molar-refractivity contribution in [3.05, 3.63) is 83.9 Å². The molecule has 28 heavy (non-hydrogen) atoms. The minimum atomic E-state index is -0.211. The van der Waals surface area contributed by atoms with Crippen molar-refractivity contribution in [3.8, 4) is 5.69 Å². The summed E-state index contributed by atoms with van der Waals surface area (Å²) >= 11 is 0. The van der Waals surface area contributed by atoms with E-state index in [4.69, 9.17) is 0 Å². The molecule has 3 rings (SSSR count). The van der Waals surface area contributed by atoms with Crippen molar-refractivity contribution in [2.24, 2.45) is 4.99 Å². The van der Waals surface area contributed by atoms with Gasteiger partial charge in [0.05, 0.1) is 18.4 Å². The largest absolute Gasteiger partial charge is 0.357 e. The number of rotatable bonds is 7. The van der Waals surface area contributed by atoms with Gasteiger partial charge in [0, 0.05) is 24.8 Å². The summed E-state index contributed by atoms with van der Waals surface area (Å²) in [5, 5.41) is 10.9. The van der Waals surface area contributed by atoms with Crippen LogP contribution in [0.15, 0.2) is 72.0 Å². The molecule has 0 atom stereocenters. The molecule has 0 fully saturated rings. The number of hydrogen-bond acceptors (Lipinski definition) is 2. The number of benzene rings is 2. The molecular weight excluding hydrogens is 468 g/mol. The van der Waals surface area contributed by atoms with Gasteiger partial charge in [0.25, 0.3) is 0 Å². The molecule has 0 saturated carbocycles. The fraction of sp³-hybridized carbons (Fsp3) is 0.238. The van der Waals surface area contributed by atoms with E-state index >= 15 is 0 Å². The lowest BCUT2D eigenvalue weighted by Crippen LogP contribution is -2.38. The Bertz CT molecular complexity index is 862. The van der Waals surface area contributed by atoms with Gasteiger partial charge in [-0.15, -0.1) is 24.0 Å². The Labute approximate surface area is 182 Å². The van der Waals surface area contributed by atoms with Crippen LogP contribution in [0.25, 0.3) is 5.69 Å². The lowest BCUT2D eigenvalue weighted by Gasteiger charge is -2.11. The monoisotopic (exact) mass is 493 g/mol. The smallest absolute Gasteiger partial charge is 0.191 e. The first-order chi connectivity index (χ1) is 13.2. The molecule has 0 aliphatic heterocycles. The maximum Gasteiger partial charge on any atom is 0.191 e. The number of hydrogen-bond donors (Lipinski definition) is 2. The topological polar surface area (TPSA) is 54.2 Å². The van der Waals surface area contributed by atoms with Crippen molar-refractivity contribution in [2.75, 3.05) is 13.1 Å². The third-order valence-electron chi connectivity index (χ3n) is 4.04. The molecule has 0 aliphatic rings. The van der Waals surface area contributed by atoms with Crippen molar-refractivity contribution in [3.63, 3.8) is 0 Å². The number of aliphatic imine (C=N–C) groups is 1. The van der Waals surface area contributed by atoms with Crippen LogP contribution in [0.2, 0.25) is 0 Å². The van der Waals surface area contributed by atoms with Crippen LogP contribution in [0.4, 0.5) is 4.39 Å². The SMILES string of the molecule is CCNC(=NCc1cnn(-c2ccccc2)c1)NCCc1ccc(F)cc1.I. The number of para-hydroxylation sites is 1. The van der Waals surface area contributed by atoms with E-state index in [-0.39, 0.29) is 29.8 Å². The molecule has 0 bridgehead atoms. The maximum absolute atomic E-state index is 13.0. The molecule has 2 aromatic carbocycles. The Kier molecular flexibility index (Phi) is 8.93. The molecule has 0 amide bonds. The van der Waals surface area contributed by atoms with Crippen LogP contribution in [-0.4, -0.2) is 28.8 Å². The van der Waals surface area contributed by atoms with Crippen LogP contribution in [0.5, 0.6) is 0 Å². The van der Waals surface area contributed by atoms with E-state index in [0.29, 0.717) is 6.54 Å². The van der Waals surface area contributed by atoms with Crippen LogP contribution >= 0.6 is 24.0 Å². The molecule has 148 valence electrons. The average Bonchev–Trinajstić information content (AvgIpc) is 3.17. The van der Waals surface area contributed by atoms with E-state index in [1.807, 2.05) is 54.3 Å². The van der Waals surface area contributed by atoms with Gasteiger partial charge < -0.3 is 10.6 Å². The summed E-state index contributed by atoms with van der Waals surface area (Å²) in [6.07, 6.45) is 4.62. The minimum Gasteiger partial charge on any atom is -0.357 e. The van der Waals surface area contributed by atoms with E-state index in [9.17, 15) is 4.39 Å². The van der Waals surface area contributed by atoms with Gasteiger partial charge in [0.1, 0.15) is 5.82 Å².